The van der Waals surface area contributed by atoms with Crippen LogP contribution in [0.1, 0.15) is 36.5 Å². The first-order valence-electron chi connectivity index (χ1n) is 12.6. The lowest BCUT2D eigenvalue weighted by Gasteiger charge is -2.30. The molecule has 2 aliphatic rings. The Balaban J connectivity index is 1.50. The highest BCUT2D eigenvalue weighted by Gasteiger charge is 2.37. The maximum atomic E-state index is 13.5. The third-order valence-electron chi connectivity index (χ3n) is 7.48. The third kappa shape index (κ3) is 4.55. The molecule has 2 saturated heterocycles. The summed E-state index contributed by atoms with van der Waals surface area (Å²) in [4.78, 5) is 54.9. The zero-order chi connectivity index (χ0) is 26.3. The van der Waals surface area contributed by atoms with E-state index in [9.17, 15) is 19.2 Å². The molecule has 1 N–H and O–H groups in total. The standard InChI is InChI=1S/C29H30N4O4/c1-18-11-13-31(14-12-18)26(34)17-32-16-21(22-8-4-5-9-25(22)32)15-23-27(35)30-29(37)33(28(23)36)24-10-6-7-19(2)20(24)3/h4-10,15-16,18H,11-14,17H2,1-3H3,(H,30,35,37)/b23-15+. The molecule has 0 radical (unpaired) electrons. The molecule has 2 aromatic carbocycles. The van der Waals surface area contributed by atoms with Gasteiger partial charge in [0.15, 0.2) is 0 Å². The van der Waals surface area contributed by atoms with E-state index in [0.717, 1.165) is 52.9 Å². The summed E-state index contributed by atoms with van der Waals surface area (Å²) in [5.74, 6) is -0.751. The maximum absolute atomic E-state index is 13.5. The van der Waals surface area contributed by atoms with Gasteiger partial charge >= 0.3 is 6.03 Å². The zero-order valence-corrected chi connectivity index (χ0v) is 21.3. The van der Waals surface area contributed by atoms with Gasteiger partial charge in [0.05, 0.1) is 5.69 Å². The predicted molar refractivity (Wildman–Crippen MR) is 142 cm³/mol. The molecule has 5 rings (SSSR count). The highest BCUT2D eigenvalue weighted by Crippen LogP contribution is 2.29. The van der Waals surface area contributed by atoms with Gasteiger partial charge in [-0.25, -0.2) is 9.69 Å². The van der Waals surface area contributed by atoms with Crippen LogP contribution in [0.25, 0.3) is 17.0 Å². The first-order chi connectivity index (χ1) is 17.7. The van der Waals surface area contributed by atoms with Gasteiger partial charge in [-0.05, 0) is 61.9 Å². The van der Waals surface area contributed by atoms with E-state index < -0.39 is 17.8 Å². The van der Waals surface area contributed by atoms with Crippen molar-refractivity contribution in [3.8, 4) is 0 Å². The second kappa shape index (κ2) is 9.69. The molecule has 0 atom stereocenters. The van der Waals surface area contributed by atoms with Crippen LogP contribution in [0.4, 0.5) is 10.5 Å². The number of urea groups is 1. The van der Waals surface area contributed by atoms with E-state index in [2.05, 4.69) is 12.2 Å². The number of nitrogens with one attached hydrogen (secondary N) is 1. The number of para-hydroxylation sites is 1. The van der Waals surface area contributed by atoms with Gasteiger partial charge in [0.2, 0.25) is 5.91 Å². The van der Waals surface area contributed by atoms with Crippen LogP contribution in [0.15, 0.2) is 54.2 Å². The molecule has 1 aromatic heterocycles. The Hall–Kier alpha value is -4.20. The van der Waals surface area contributed by atoms with Crippen molar-refractivity contribution in [1.29, 1.82) is 0 Å². The lowest BCUT2D eigenvalue weighted by atomic mass is 9.99. The molecule has 0 unspecified atom stereocenters. The van der Waals surface area contributed by atoms with Gasteiger partial charge in [0, 0.05) is 35.8 Å². The number of piperidine rings is 1. The fourth-order valence-electron chi connectivity index (χ4n) is 5.03. The van der Waals surface area contributed by atoms with Crippen LogP contribution in [0.2, 0.25) is 0 Å². The molecule has 0 spiro atoms. The number of rotatable bonds is 4. The molecular formula is C29H30N4O4. The number of aromatic nitrogens is 1. The van der Waals surface area contributed by atoms with Gasteiger partial charge in [-0.1, -0.05) is 37.3 Å². The summed E-state index contributed by atoms with van der Waals surface area (Å²) < 4.78 is 1.86. The second-order valence-corrected chi connectivity index (χ2v) is 9.97. The third-order valence-corrected chi connectivity index (χ3v) is 7.48. The normalized spacial score (nSPS) is 18.1. The molecular weight excluding hydrogens is 468 g/mol. The van der Waals surface area contributed by atoms with Crippen LogP contribution < -0.4 is 10.2 Å². The molecule has 0 saturated carbocycles. The predicted octanol–water partition coefficient (Wildman–Crippen LogP) is 4.18. The quantitative estimate of drug-likeness (QED) is 0.432. The van der Waals surface area contributed by atoms with E-state index in [1.165, 1.54) is 6.08 Å². The van der Waals surface area contributed by atoms with Crippen molar-refractivity contribution in [3.05, 3.63) is 70.9 Å². The number of carbonyl (C=O) groups excluding carboxylic acids is 4. The van der Waals surface area contributed by atoms with Crippen molar-refractivity contribution < 1.29 is 19.2 Å². The van der Waals surface area contributed by atoms with Gasteiger partial charge in [0.1, 0.15) is 12.1 Å². The molecule has 0 aliphatic carbocycles. The molecule has 8 nitrogen and oxygen atoms in total. The average molecular weight is 499 g/mol. The van der Waals surface area contributed by atoms with E-state index >= 15 is 0 Å². The molecule has 2 fully saturated rings. The van der Waals surface area contributed by atoms with Gasteiger partial charge in [-0.2, -0.15) is 0 Å². The average Bonchev–Trinajstić information content (AvgIpc) is 3.21. The summed E-state index contributed by atoms with van der Waals surface area (Å²) in [6.45, 7) is 7.62. The summed E-state index contributed by atoms with van der Waals surface area (Å²) in [5, 5.41) is 3.11. The van der Waals surface area contributed by atoms with Crippen molar-refractivity contribution in [1.82, 2.24) is 14.8 Å². The lowest BCUT2D eigenvalue weighted by molar-refractivity contribution is -0.133. The molecule has 190 valence electrons. The minimum Gasteiger partial charge on any atom is -0.341 e. The molecule has 2 aliphatic heterocycles. The number of fused-ring (bicyclic) bond motifs is 1. The van der Waals surface area contributed by atoms with E-state index in [1.54, 1.807) is 18.3 Å². The van der Waals surface area contributed by atoms with Crippen LogP contribution in [-0.2, 0) is 20.9 Å². The Morgan fingerprint density at radius 1 is 1.03 bits per heavy atom. The molecule has 37 heavy (non-hydrogen) atoms. The number of aryl methyl sites for hydroxylation is 1. The van der Waals surface area contributed by atoms with Crippen molar-refractivity contribution in [2.45, 2.75) is 40.2 Å². The highest BCUT2D eigenvalue weighted by atomic mass is 16.2. The number of nitrogens with zero attached hydrogens (tertiary/aromatic N) is 3. The van der Waals surface area contributed by atoms with Gasteiger partial charge in [0.25, 0.3) is 11.8 Å². The van der Waals surface area contributed by atoms with Crippen molar-refractivity contribution in [2.24, 2.45) is 5.92 Å². The first-order valence-corrected chi connectivity index (χ1v) is 12.6. The smallest absolute Gasteiger partial charge is 0.335 e. The van der Waals surface area contributed by atoms with Crippen molar-refractivity contribution >= 4 is 46.4 Å². The lowest BCUT2D eigenvalue weighted by Crippen LogP contribution is -2.54. The number of barbiturate groups is 1. The number of amides is 5. The number of imide groups is 2. The monoisotopic (exact) mass is 498 g/mol. The number of hydrogen-bond acceptors (Lipinski definition) is 4. The van der Waals surface area contributed by atoms with Crippen LogP contribution in [0.5, 0.6) is 0 Å². The summed E-state index contributed by atoms with van der Waals surface area (Å²) in [6, 6.07) is 12.1. The van der Waals surface area contributed by atoms with Crippen LogP contribution in [0.3, 0.4) is 0 Å². The summed E-state index contributed by atoms with van der Waals surface area (Å²) >= 11 is 0. The number of anilines is 1. The minimum atomic E-state index is -0.773. The largest absolute Gasteiger partial charge is 0.341 e. The number of hydrogen-bond donors (Lipinski definition) is 1. The second-order valence-electron chi connectivity index (χ2n) is 9.97. The minimum absolute atomic E-state index is 0.0463. The van der Waals surface area contributed by atoms with E-state index in [-0.39, 0.29) is 18.0 Å². The fourth-order valence-corrected chi connectivity index (χ4v) is 5.03. The van der Waals surface area contributed by atoms with Gasteiger partial charge in [-0.3, -0.25) is 19.7 Å². The number of likely N-dealkylation sites (tertiary alicyclic amines) is 1. The molecule has 0 bridgehead atoms. The first kappa shape index (κ1) is 24.5. The Bertz CT molecular complexity index is 1460. The van der Waals surface area contributed by atoms with Crippen LogP contribution in [-0.4, -0.2) is 46.3 Å². The summed E-state index contributed by atoms with van der Waals surface area (Å²) in [7, 11) is 0. The van der Waals surface area contributed by atoms with Gasteiger partial charge < -0.3 is 9.47 Å². The zero-order valence-electron chi connectivity index (χ0n) is 21.3. The molecule has 8 heteroatoms. The fraction of sp³-hybridized carbons (Fsp3) is 0.310. The van der Waals surface area contributed by atoms with Crippen molar-refractivity contribution in [2.75, 3.05) is 18.0 Å². The Morgan fingerprint density at radius 3 is 2.51 bits per heavy atom. The number of carbonyl (C=O) groups is 4. The Morgan fingerprint density at radius 2 is 1.76 bits per heavy atom. The highest BCUT2D eigenvalue weighted by molar-refractivity contribution is 6.39. The molecule has 3 aromatic rings. The Labute approximate surface area is 215 Å². The molecule has 5 amide bonds. The van der Waals surface area contributed by atoms with Gasteiger partial charge in [-0.15, -0.1) is 0 Å². The van der Waals surface area contributed by atoms with E-state index in [1.807, 2.05) is 53.6 Å². The Kier molecular flexibility index (Phi) is 6.41. The van der Waals surface area contributed by atoms with Crippen LogP contribution >= 0.6 is 0 Å². The molecule has 3 heterocycles. The van der Waals surface area contributed by atoms with Crippen molar-refractivity contribution in [3.63, 3.8) is 0 Å². The maximum Gasteiger partial charge on any atom is 0.335 e. The summed E-state index contributed by atoms with van der Waals surface area (Å²) in [5.41, 5.74) is 3.46. The SMILES string of the molecule is Cc1cccc(N2C(=O)NC(=O)/C(=C\c3cn(CC(=O)N4CCC(C)CC4)c4ccccc34)C2=O)c1C. The summed E-state index contributed by atoms with van der Waals surface area (Å²) in [6.07, 6.45) is 5.31. The van der Waals surface area contributed by atoms with E-state index in [4.69, 9.17) is 0 Å². The number of benzene rings is 2. The van der Waals surface area contributed by atoms with E-state index in [0.29, 0.717) is 17.2 Å². The van der Waals surface area contributed by atoms with Crippen LogP contribution in [0, 0.1) is 19.8 Å². The topological polar surface area (TPSA) is 91.7 Å².